The number of hydrogen-bond donors (Lipinski definition) is 2. The smallest absolute Gasteiger partial charge is 0.335 e. The molecule has 116 valence electrons. The van der Waals surface area contributed by atoms with Gasteiger partial charge in [0, 0.05) is 6.04 Å². The van der Waals surface area contributed by atoms with Crippen molar-refractivity contribution in [2.24, 2.45) is 5.41 Å². The van der Waals surface area contributed by atoms with Crippen LogP contribution in [0.5, 0.6) is 0 Å². The standard InChI is InChI=1S/C15H21NO4S/c1-10-6-7-11(9-12(10)14(17)18)21(19,20)16-13-5-4-8-15(13,2)3/h6-7,9,13,16H,4-5,8H2,1-3H3,(H,17,18). The summed E-state index contributed by atoms with van der Waals surface area (Å²) in [5.74, 6) is -1.12. The van der Waals surface area contributed by atoms with E-state index < -0.39 is 16.0 Å². The molecule has 1 saturated carbocycles. The Hall–Kier alpha value is -1.40. The second kappa shape index (κ2) is 5.42. The van der Waals surface area contributed by atoms with Crippen molar-refractivity contribution in [2.45, 2.75) is 51.0 Å². The number of nitrogens with one attached hydrogen (secondary N) is 1. The van der Waals surface area contributed by atoms with Crippen molar-refractivity contribution >= 4 is 16.0 Å². The van der Waals surface area contributed by atoms with Crippen molar-refractivity contribution in [1.29, 1.82) is 0 Å². The molecule has 1 aliphatic carbocycles. The Kier molecular flexibility index (Phi) is 4.13. The van der Waals surface area contributed by atoms with E-state index in [2.05, 4.69) is 4.72 Å². The summed E-state index contributed by atoms with van der Waals surface area (Å²) in [6, 6.07) is 4.09. The molecule has 2 N–H and O–H groups in total. The number of carbonyl (C=O) groups is 1. The minimum Gasteiger partial charge on any atom is -0.478 e. The predicted molar refractivity (Wildman–Crippen MR) is 79.9 cm³/mol. The molecule has 1 unspecified atom stereocenters. The third-order valence-corrected chi connectivity index (χ3v) is 5.77. The van der Waals surface area contributed by atoms with Gasteiger partial charge in [-0.05, 0) is 42.9 Å². The van der Waals surface area contributed by atoms with Crippen molar-refractivity contribution < 1.29 is 18.3 Å². The maximum Gasteiger partial charge on any atom is 0.335 e. The Labute approximate surface area is 125 Å². The van der Waals surface area contributed by atoms with Gasteiger partial charge in [0.15, 0.2) is 0 Å². The lowest BCUT2D eigenvalue weighted by molar-refractivity contribution is 0.0696. The molecule has 1 aromatic rings. The molecule has 5 nitrogen and oxygen atoms in total. The molecule has 0 radical (unpaired) electrons. The Balaban J connectivity index is 2.32. The summed E-state index contributed by atoms with van der Waals surface area (Å²) >= 11 is 0. The van der Waals surface area contributed by atoms with Gasteiger partial charge in [0.2, 0.25) is 10.0 Å². The third kappa shape index (κ3) is 3.27. The van der Waals surface area contributed by atoms with Crippen LogP contribution in [0.2, 0.25) is 0 Å². The largest absolute Gasteiger partial charge is 0.478 e. The lowest BCUT2D eigenvalue weighted by atomic mass is 9.88. The summed E-state index contributed by atoms with van der Waals surface area (Å²) < 4.78 is 27.6. The van der Waals surface area contributed by atoms with Crippen molar-refractivity contribution in [3.8, 4) is 0 Å². The van der Waals surface area contributed by atoms with E-state index in [4.69, 9.17) is 5.11 Å². The van der Waals surface area contributed by atoms with Gasteiger partial charge < -0.3 is 5.11 Å². The van der Waals surface area contributed by atoms with E-state index >= 15 is 0 Å². The topological polar surface area (TPSA) is 83.5 Å². The van der Waals surface area contributed by atoms with Gasteiger partial charge in [0.25, 0.3) is 0 Å². The summed E-state index contributed by atoms with van der Waals surface area (Å²) in [5.41, 5.74) is 0.485. The maximum atomic E-state index is 12.5. The van der Waals surface area contributed by atoms with Crippen LogP contribution < -0.4 is 4.72 Å². The Morgan fingerprint density at radius 1 is 1.38 bits per heavy atom. The highest BCUT2D eigenvalue weighted by Crippen LogP contribution is 2.38. The molecular formula is C15H21NO4S. The maximum absolute atomic E-state index is 12.5. The second-order valence-electron chi connectivity index (χ2n) is 6.34. The van der Waals surface area contributed by atoms with E-state index in [0.29, 0.717) is 5.56 Å². The zero-order valence-electron chi connectivity index (χ0n) is 12.5. The molecule has 0 spiro atoms. The number of hydrogen-bond acceptors (Lipinski definition) is 3. The lowest BCUT2D eigenvalue weighted by Gasteiger charge is -2.27. The molecule has 1 fully saturated rings. The van der Waals surface area contributed by atoms with Gasteiger partial charge in [-0.3, -0.25) is 0 Å². The predicted octanol–water partition coefficient (Wildman–Crippen LogP) is 2.55. The van der Waals surface area contributed by atoms with Crippen molar-refractivity contribution in [3.05, 3.63) is 29.3 Å². The molecule has 2 rings (SSSR count). The van der Waals surface area contributed by atoms with Crippen LogP contribution >= 0.6 is 0 Å². The van der Waals surface area contributed by atoms with E-state index in [1.807, 2.05) is 13.8 Å². The Morgan fingerprint density at radius 3 is 2.57 bits per heavy atom. The van der Waals surface area contributed by atoms with Gasteiger partial charge in [-0.2, -0.15) is 0 Å². The van der Waals surface area contributed by atoms with Crippen LogP contribution in [0.3, 0.4) is 0 Å². The fraction of sp³-hybridized carbons (Fsp3) is 0.533. The highest BCUT2D eigenvalue weighted by atomic mass is 32.2. The van der Waals surface area contributed by atoms with Gasteiger partial charge >= 0.3 is 5.97 Å². The van der Waals surface area contributed by atoms with E-state index in [-0.39, 0.29) is 21.9 Å². The van der Waals surface area contributed by atoms with Gasteiger partial charge in [-0.25, -0.2) is 17.9 Å². The van der Waals surface area contributed by atoms with Crippen LogP contribution in [0, 0.1) is 12.3 Å². The second-order valence-corrected chi connectivity index (χ2v) is 8.05. The number of sulfonamides is 1. The highest BCUT2D eigenvalue weighted by molar-refractivity contribution is 7.89. The van der Waals surface area contributed by atoms with Crippen LogP contribution in [-0.2, 0) is 10.0 Å². The first-order valence-corrected chi connectivity index (χ1v) is 8.48. The third-order valence-electron chi connectivity index (χ3n) is 4.30. The molecule has 0 aromatic heterocycles. The minimum absolute atomic E-state index is 0.00759. The van der Waals surface area contributed by atoms with Gasteiger partial charge in [0.05, 0.1) is 10.5 Å². The minimum atomic E-state index is -3.70. The van der Waals surface area contributed by atoms with Crippen molar-refractivity contribution in [3.63, 3.8) is 0 Å². The average molecular weight is 311 g/mol. The fourth-order valence-electron chi connectivity index (χ4n) is 2.80. The quantitative estimate of drug-likeness (QED) is 0.895. The number of aryl methyl sites for hydroxylation is 1. The first kappa shape index (κ1) is 16.0. The molecule has 0 aliphatic heterocycles. The fourth-order valence-corrected chi connectivity index (χ4v) is 4.27. The monoisotopic (exact) mass is 311 g/mol. The molecule has 0 amide bonds. The van der Waals surface area contributed by atoms with Gasteiger partial charge in [0.1, 0.15) is 0 Å². The number of aromatic carboxylic acids is 1. The Morgan fingerprint density at radius 2 is 2.05 bits per heavy atom. The zero-order chi connectivity index (χ0) is 15.8. The molecule has 0 bridgehead atoms. The molecule has 0 saturated heterocycles. The summed E-state index contributed by atoms with van der Waals surface area (Å²) in [7, 11) is -3.70. The zero-order valence-corrected chi connectivity index (χ0v) is 13.3. The van der Waals surface area contributed by atoms with Crippen molar-refractivity contribution in [1.82, 2.24) is 4.72 Å². The Bertz CT molecular complexity index is 664. The van der Waals surface area contributed by atoms with Crippen molar-refractivity contribution in [2.75, 3.05) is 0 Å². The van der Waals surface area contributed by atoms with Crippen LogP contribution in [0.25, 0.3) is 0 Å². The van der Waals surface area contributed by atoms with Gasteiger partial charge in [-0.15, -0.1) is 0 Å². The normalized spacial score (nSPS) is 21.4. The molecule has 0 heterocycles. The van der Waals surface area contributed by atoms with E-state index in [1.54, 1.807) is 6.92 Å². The number of rotatable bonds is 4. The van der Waals surface area contributed by atoms with Crippen LogP contribution in [0.15, 0.2) is 23.1 Å². The summed E-state index contributed by atoms with van der Waals surface area (Å²) in [5, 5.41) is 9.11. The number of carboxylic acid groups (broad SMARTS) is 1. The molecule has 1 aliphatic rings. The first-order valence-electron chi connectivity index (χ1n) is 7.00. The molecule has 1 atom stereocenters. The van der Waals surface area contributed by atoms with Gasteiger partial charge in [-0.1, -0.05) is 26.3 Å². The highest BCUT2D eigenvalue weighted by Gasteiger charge is 2.37. The van der Waals surface area contributed by atoms with E-state index in [0.717, 1.165) is 19.3 Å². The summed E-state index contributed by atoms with van der Waals surface area (Å²) in [4.78, 5) is 11.1. The first-order chi connectivity index (χ1) is 9.63. The molecule has 6 heteroatoms. The van der Waals surface area contributed by atoms with Crippen LogP contribution in [0.1, 0.15) is 49.0 Å². The molecule has 21 heavy (non-hydrogen) atoms. The molecular weight excluding hydrogens is 290 g/mol. The summed E-state index contributed by atoms with van der Waals surface area (Å²) in [6.45, 7) is 5.74. The summed E-state index contributed by atoms with van der Waals surface area (Å²) in [6.07, 6.45) is 2.78. The number of benzene rings is 1. The molecule has 1 aromatic carbocycles. The average Bonchev–Trinajstić information content (AvgIpc) is 2.68. The number of carboxylic acids is 1. The van der Waals surface area contributed by atoms with Crippen LogP contribution in [0.4, 0.5) is 0 Å². The lowest BCUT2D eigenvalue weighted by Crippen LogP contribution is -2.41. The van der Waals surface area contributed by atoms with Crippen LogP contribution in [-0.4, -0.2) is 25.5 Å². The SMILES string of the molecule is Cc1ccc(S(=O)(=O)NC2CCCC2(C)C)cc1C(=O)O. The van der Waals surface area contributed by atoms with E-state index in [9.17, 15) is 13.2 Å². The van der Waals surface area contributed by atoms with E-state index in [1.165, 1.54) is 18.2 Å².